The van der Waals surface area contributed by atoms with E-state index in [9.17, 15) is 9.59 Å². The number of thiophene rings is 1. The molecule has 0 radical (unpaired) electrons. The van der Waals surface area contributed by atoms with Gasteiger partial charge in [-0.1, -0.05) is 12.1 Å². The molecule has 0 bridgehead atoms. The van der Waals surface area contributed by atoms with E-state index in [1.54, 1.807) is 24.3 Å². The zero-order valence-corrected chi connectivity index (χ0v) is 16.7. The van der Waals surface area contributed by atoms with Gasteiger partial charge >= 0.3 is 5.97 Å². The average Bonchev–Trinajstić information content (AvgIpc) is 3.21. The van der Waals surface area contributed by atoms with Crippen molar-refractivity contribution in [2.45, 2.75) is 6.61 Å². The number of para-hydroxylation sites is 1. The highest BCUT2D eigenvalue weighted by Gasteiger charge is 2.24. The monoisotopic (exact) mass is 410 g/mol. The molecular formula is C22H18O6S. The number of carbonyl (C=O) groups excluding carboxylic acids is 2. The molecule has 4 rings (SSSR count). The van der Waals surface area contributed by atoms with Crippen LogP contribution < -0.4 is 14.2 Å². The Bertz CT molecular complexity index is 1080. The zero-order valence-electron chi connectivity index (χ0n) is 15.9. The highest BCUT2D eigenvalue weighted by atomic mass is 32.1. The Kier molecular flexibility index (Phi) is 5.22. The molecule has 1 aliphatic rings. The number of carbonyl (C=O) groups is 2. The molecule has 0 aliphatic carbocycles. The van der Waals surface area contributed by atoms with E-state index in [1.807, 2.05) is 24.3 Å². The molecule has 0 N–H and O–H groups in total. The lowest BCUT2D eigenvalue weighted by Crippen LogP contribution is -2.14. The lowest BCUT2D eigenvalue weighted by molar-refractivity contribution is 0.0478. The van der Waals surface area contributed by atoms with Crippen LogP contribution in [0.3, 0.4) is 0 Å². The van der Waals surface area contributed by atoms with Crippen molar-refractivity contribution in [3.8, 4) is 27.7 Å². The normalized spacial score (nSPS) is 11.7. The van der Waals surface area contributed by atoms with Crippen molar-refractivity contribution in [2.75, 3.05) is 20.8 Å². The third-order valence-electron chi connectivity index (χ3n) is 4.57. The summed E-state index contributed by atoms with van der Waals surface area (Å²) < 4.78 is 21.3. The van der Waals surface area contributed by atoms with E-state index in [1.165, 1.54) is 25.6 Å². The van der Waals surface area contributed by atoms with E-state index in [-0.39, 0.29) is 12.4 Å². The van der Waals surface area contributed by atoms with Crippen LogP contribution in [0.2, 0.25) is 0 Å². The van der Waals surface area contributed by atoms with Gasteiger partial charge < -0.3 is 18.9 Å². The SMILES string of the molecule is COc1ccc(C(=O)COC(=O)c2cc3c(s2)-c2ccccc2OC3)c(OC)c1. The van der Waals surface area contributed by atoms with Crippen LogP contribution in [0, 0.1) is 0 Å². The molecule has 7 heteroatoms. The second kappa shape index (κ2) is 7.97. The lowest BCUT2D eigenvalue weighted by Gasteiger charge is -2.16. The van der Waals surface area contributed by atoms with Crippen molar-refractivity contribution >= 4 is 23.1 Å². The topological polar surface area (TPSA) is 71.1 Å². The molecule has 6 nitrogen and oxygen atoms in total. The Morgan fingerprint density at radius 1 is 1.07 bits per heavy atom. The molecule has 0 fully saturated rings. The Hall–Kier alpha value is -3.32. The van der Waals surface area contributed by atoms with Gasteiger partial charge in [0.25, 0.3) is 0 Å². The molecule has 0 amide bonds. The fourth-order valence-electron chi connectivity index (χ4n) is 3.11. The van der Waals surface area contributed by atoms with Crippen molar-refractivity contribution < 1.29 is 28.5 Å². The van der Waals surface area contributed by atoms with Gasteiger partial charge in [-0.3, -0.25) is 4.79 Å². The van der Waals surface area contributed by atoms with Crippen LogP contribution in [0.1, 0.15) is 25.6 Å². The first kappa shape index (κ1) is 19.0. The molecule has 1 aromatic heterocycles. The molecule has 3 aromatic rings. The van der Waals surface area contributed by atoms with Crippen LogP contribution in [0.5, 0.6) is 17.2 Å². The first-order valence-electron chi connectivity index (χ1n) is 8.88. The molecule has 148 valence electrons. The number of hydrogen-bond acceptors (Lipinski definition) is 7. The fourth-order valence-corrected chi connectivity index (χ4v) is 4.20. The molecule has 0 spiro atoms. The number of esters is 1. The minimum absolute atomic E-state index is 0.328. The van der Waals surface area contributed by atoms with E-state index in [0.717, 1.165) is 21.8 Å². The Morgan fingerprint density at radius 2 is 1.90 bits per heavy atom. The predicted molar refractivity (Wildman–Crippen MR) is 108 cm³/mol. The van der Waals surface area contributed by atoms with Crippen LogP contribution in [-0.4, -0.2) is 32.6 Å². The number of Topliss-reactive ketones (excluding diaryl/α,β-unsaturated/α-hetero) is 1. The maximum Gasteiger partial charge on any atom is 0.348 e. The molecule has 0 unspecified atom stereocenters. The van der Waals surface area contributed by atoms with Gasteiger partial charge in [0.1, 0.15) is 28.7 Å². The molecule has 2 heterocycles. The second-order valence-electron chi connectivity index (χ2n) is 6.32. The molecular weight excluding hydrogens is 392 g/mol. The average molecular weight is 410 g/mol. The van der Waals surface area contributed by atoms with Crippen LogP contribution in [0.4, 0.5) is 0 Å². The fraction of sp³-hybridized carbons (Fsp3) is 0.182. The third-order valence-corrected chi connectivity index (χ3v) is 5.76. The van der Waals surface area contributed by atoms with Gasteiger partial charge in [0.2, 0.25) is 5.78 Å². The van der Waals surface area contributed by atoms with Gasteiger partial charge in [-0.2, -0.15) is 0 Å². The first-order valence-corrected chi connectivity index (χ1v) is 9.69. The number of ketones is 1. The number of ether oxygens (including phenoxy) is 4. The van der Waals surface area contributed by atoms with Crippen molar-refractivity contribution in [3.05, 3.63) is 64.5 Å². The minimum atomic E-state index is -0.539. The quantitative estimate of drug-likeness (QED) is 0.444. The van der Waals surface area contributed by atoms with Crippen molar-refractivity contribution in [1.82, 2.24) is 0 Å². The minimum Gasteiger partial charge on any atom is -0.497 e. The standard InChI is InChI=1S/C22H18O6S/c1-25-14-7-8-15(19(10-14)26-2)17(23)12-28-22(24)20-9-13-11-27-18-6-4-3-5-16(18)21(13)29-20/h3-10H,11-12H2,1-2H3. The first-order chi connectivity index (χ1) is 14.1. The van der Waals surface area contributed by atoms with Crippen LogP contribution in [0.25, 0.3) is 10.4 Å². The maximum atomic E-state index is 12.5. The number of rotatable bonds is 6. The highest BCUT2D eigenvalue weighted by molar-refractivity contribution is 7.17. The van der Waals surface area contributed by atoms with Crippen LogP contribution in [-0.2, 0) is 11.3 Å². The van der Waals surface area contributed by atoms with Crippen LogP contribution in [0.15, 0.2) is 48.5 Å². The number of hydrogen-bond donors (Lipinski definition) is 0. The van der Waals surface area contributed by atoms with Crippen molar-refractivity contribution in [1.29, 1.82) is 0 Å². The van der Waals surface area contributed by atoms with E-state index in [0.29, 0.717) is 28.5 Å². The largest absolute Gasteiger partial charge is 0.497 e. The van der Waals surface area contributed by atoms with E-state index in [2.05, 4.69) is 0 Å². The highest BCUT2D eigenvalue weighted by Crippen LogP contribution is 2.42. The van der Waals surface area contributed by atoms with Crippen molar-refractivity contribution in [3.63, 3.8) is 0 Å². The summed E-state index contributed by atoms with van der Waals surface area (Å²) in [6.45, 7) is 0.0231. The molecule has 2 aromatic carbocycles. The van der Waals surface area contributed by atoms with Gasteiger partial charge in [-0.05, 0) is 30.3 Å². The summed E-state index contributed by atoms with van der Waals surface area (Å²) in [4.78, 5) is 26.4. The summed E-state index contributed by atoms with van der Waals surface area (Å²) >= 11 is 1.34. The van der Waals surface area contributed by atoms with E-state index in [4.69, 9.17) is 18.9 Å². The molecule has 1 aliphatic heterocycles. The summed E-state index contributed by atoms with van der Waals surface area (Å²) in [7, 11) is 3.00. The smallest absolute Gasteiger partial charge is 0.348 e. The molecule has 0 saturated carbocycles. The van der Waals surface area contributed by atoms with E-state index < -0.39 is 5.97 Å². The van der Waals surface area contributed by atoms with E-state index >= 15 is 0 Å². The lowest BCUT2D eigenvalue weighted by atomic mass is 10.1. The molecule has 0 atom stereocenters. The summed E-state index contributed by atoms with van der Waals surface area (Å²) in [5.74, 6) is 0.840. The number of benzene rings is 2. The summed E-state index contributed by atoms with van der Waals surface area (Å²) in [6, 6.07) is 14.3. The molecule has 0 saturated heterocycles. The zero-order chi connectivity index (χ0) is 20.4. The Morgan fingerprint density at radius 3 is 2.69 bits per heavy atom. The van der Waals surface area contributed by atoms with Crippen LogP contribution >= 0.6 is 11.3 Å². The number of methoxy groups -OCH3 is 2. The Labute approximate surface area is 171 Å². The van der Waals surface area contributed by atoms with Gasteiger partial charge in [0, 0.05) is 22.1 Å². The summed E-state index contributed by atoms with van der Waals surface area (Å²) in [5, 5.41) is 0. The second-order valence-corrected chi connectivity index (χ2v) is 7.37. The maximum absolute atomic E-state index is 12.5. The third kappa shape index (κ3) is 3.69. The predicted octanol–water partition coefficient (Wildman–Crippen LogP) is 4.36. The molecule has 29 heavy (non-hydrogen) atoms. The summed E-state index contributed by atoms with van der Waals surface area (Å²) in [5.41, 5.74) is 2.22. The number of fused-ring (bicyclic) bond motifs is 3. The Balaban J connectivity index is 1.48. The van der Waals surface area contributed by atoms with Gasteiger partial charge in [0.05, 0.1) is 19.8 Å². The van der Waals surface area contributed by atoms with Gasteiger partial charge in [0.15, 0.2) is 6.61 Å². The van der Waals surface area contributed by atoms with Gasteiger partial charge in [-0.15, -0.1) is 11.3 Å². The van der Waals surface area contributed by atoms with Crippen molar-refractivity contribution in [2.24, 2.45) is 0 Å². The summed E-state index contributed by atoms with van der Waals surface area (Å²) in [6.07, 6.45) is 0. The van der Waals surface area contributed by atoms with Gasteiger partial charge in [-0.25, -0.2) is 4.79 Å².